The molecule has 0 fully saturated rings. The summed E-state index contributed by atoms with van der Waals surface area (Å²) in [7, 11) is -5.74. The molecule has 0 heterocycles. The summed E-state index contributed by atoms with van der Waals surface area (Å²) < 4.78 is 55.9. The molecule has 0 aliphatic heterocycles. The summed E-state index contributed by atoms with van der Waals surface area (Å²) in [6, 6.07) is 17.6. The van der Waals surface area contributed by atoms with Crippen LogP contribution in [-0.4, -0.2) is 36.1 Å². The molecule has 10 heteroatoms. The highest BCUT2D eigenvalue weighted by molar-refractivity contribution is 7.92. The zero-order valence-corrected chi connectivity index (χ0v) is 18.3. The first-order valence-electron chi connectivity index (χ1n) is 8.97. The Morgan fingerprint density at radius 3 is 2.03 bits per heavy atom. The van der Waals surface area contributed by atoms with Gasteiger partial charge in [-0.2, -0.15) is 0 Å². The number of ether oxygens (including phenoxy) is 1. The second kappa shape index (κ2) is 8.78. The van der Waals surface area contributed by atoms with Crippen LogP contribution in [0.1, 0.15) is 10.4 Å². The lowest BCUT2D eigenvalue weighted by Crippen LogP contribution is -2.15. The van der Waals surface area contributed by atoms with Gasteiger partial charge in [-0.3, -0.25) is 9.52 Å². The van der Waals surface area contributed by atoms with E-state index in [1.165, 1.54) is 49.6 Å². The van der Waals surface area contributed by atoms with E-state index in [1.807, 2.05) is 0 Å². The minimum Gasteiger partial charge on any atom is -0.497 e. The average Bonchev–Trinajstić information content (AvgIpc) is 2.74. The van der Waals surface area contributed by atoms with Gasteiger partial charge in [0.1, 0.15) is 5.75 Å². The Balaban J connectivity index is 1.76. The summed E-state index contributed by atoms with van der Waals surface area (Å²) in [5.41, 5.74) is 0.869. The Morgan fingerprint density at radius 1 is 0.806 bits per heavy atom. The van der Waals surface area contributed by atoms with Crippen LogP contribution < -0.4 is 14.8 Å². The van der Waals surface area contributed by atoms with Crippen LogP contribution in [0.3, 0.4) is 0 Å². The zero-order chi connectivity index (χ0) is 22.6. The quantitative estimate of drug-likeness (QED) is 0.559. The topological polar surface area (TPSA) is 119 Å². The van der Waals surface area contributed by atoms with Gasteiger partial charge in [0.25, 0.3) is 15.9 Å². The molecular weight excluding hydrogens is 440 g/mol. The maximum absolute atomic E-state index is 12.7. The van der Waals surface area contributed by atoms with Gasteiger partial charge in [-0.1, -0.05) is 6.07 Å². The molecule has 0 aromatic heterocycles. The number of hydrogen-bond acceptors (Lipinski definition) is 6. The number of carbonyl (C=O) groups is 1. The molecule has 162 valence electrons. The van der Waals surface area contributed by atoms with Gasteiger partial charge in [-0.05, 0) is 66.7 Å². The maximum atomic E-state index is 12.7. The summed E-state index contributed by atoms with van der Waals surface area (Å²) in [6.07, 6.45) is 1.08. The van der Waals surface area contributed by atoms with E-state index in [0.717, 1.165) is 6.26 Å². The van der Waals surface area contributed by atoms with Gasteiger partial charge < -0.3 is 10.1 Å². The monoisotopic (exact) mass is 460 g/mol. The fourth-order valence-electron chi connectivity index (χ4n) is 2.67. The van der Waals surface area contributed by atoms with Crippen molar-refractivity contribution >= 4 is 37.1 Å². The molecule has 8 nitrogen and oxygen atoms in total. The van der Waals surface area contributed by atoms with Crippen LogP contribution in [0.25, 0.3) is 0 Å². The van der Waals surface area contributed by atoms with Crippen LogP contribution in [-0.2, 0) is 19.9 Å². The lowest BCUT2D eigenvalue weighted by molar-refractivity contribution is 0.102. The molecule has 1 amide bonds. The van der Waals surface area contributed by atoms with E-state index in [9.17, 15) is 21.6 Å². The van der Waals surface area contributed by atoms with Crippen LogP contribution in [0, 0.1) is 0 Å². The van der Waals surface area contributed by atoms with Crippen LogP contribution >= 0.6 is 0 Å². The van der Waals surface area contributed by atoms with Crippen molar-refractivity contribution in [2.24, 2.45) is 0 Å². The molecular formula is C21H20N2O6S2. The summed E-state index contributed by atoms with van der Waals surface area (Å²) in [5.74, 6) is 0.0925. The summed E-state index contributed by atoms with van der Waals surface area (Å²) >= 11 is 0. The summed E-state index contributed by atoms with van der Waals surface area (Å²) in [4.78, 5) is 12.5. The fraction of sp³-hybridized carbons (Fsp3) is 0.0952. The smallest absolute Gasteiger partial charge is 0.261 e. The van der Waals surface area contributed by atoms with E-state index in [4.69, 9.17) is 4.74 Å². The van der Waals surface area contributed by atoms with Crippen molar-refractivity contribution in [3.8, 4) is 5.75 Å². The van der Waals surface area contributed by atoms with E-state index in [-0.39, 0.29) is 21.0 Å². The molecule has 0 bridgehead atoms. The predicted molar refractivity (Wildman–Crippen MR) is 118 cm³/mol. The molecule has 3 rings (SSSR count). The van der Waals surface area contributed by atoms with E-state index in [1.54, 1.807) is 30.3 Å². The minimum absolute atomic E-state index is 0.0338. The van der Waals surface area contributed by atoms with Crippen molar-refractivity contribution in [3.63, 3.8) is 0 Å². The van der Waals surface area contributed by atoms with Gasteiger partial charge in [-0.25, -0.2) is 16.8 Å². The van der Waals surface area contributed by atoms with Crippen LogP contribution in [0.5, 0.6) is 5.75 Å². The zero-order valence-electron chi connectivity index (χ0n) is 16.7. The van der Waals surface area contributed by atoms with Crippen molar-refractivity contribution in [1.29, 1.82) is 0 Å². The van der Waals surface area contributed by atoms with E-state index < -0.39 is 25.8 Å². The van der Waals surface area contributed by atoms with E-state index in [0.29, 0.717) is 11.4 Å². The van der Waals surface area contributed by atoms with Crippen LogP contribution in [0.4, 0.5) is 11.4 Å². The Labute approximate surface area is 180 Å². The first-order valence-corrected chi connectivity index (χ1v) is 12.3. The number of rotatable bonds is 7. The van der Waals surface area contributed by atoms with E-state index >= 15 is 0 Å². The number of anilines is 2. The van der Waals surface area contributed by atoms with Gasteiger partial charge in [-0.15, -0.1) is 0 Å². The molecule has 0 aliphatic rings. The van der Waals surface area contributed by atoms with Crippen LogP contribution in [0.2, 0.25) is 0 Å². The second-order valence-corrected chi connectivity index (χ2v) is 10.3. The van der Waals surface area contributed by atoms with Gasteiger partial charge in [0, 0.05) is 23.2 Å². The first kappa shape index (κ1) is 22.3. The number of benzene rings is 3. The molecule has 3 aromatic rings. The minimum atomic E-state index is -3.89. The molecule has 2 N–H and O–H groups in total. The predicted octanol–water partition coefficient (Wildman–Crippen LogP) is 3.15. The van der Waals surface area contributed by atoms with Gasteiger partial charge in [0.2, 0.25) is 0 Å². The van der Waals surface area contributed by atoms with E-state index in [2.05, 4.69) is 10.0 Å². The molecule has 0 radical (unpaired) electrons. The fourth-order valence-corrected chi connectivity index (χ4v) is 4.41. The molecule has 0 aliphatic carbocycles. The van der Waals surface area contributed by atoms with Crippen LogP contribution in [0.15, 0.2) is 82.6 Å². The number of methoxy groups -OCH3 is 1. The number of nitrogens with one attached hydrogen (secondary N) is 2. The second-order valence-electron chi connectivity index (χ2n) is 6.61. The number of sulfonamides is 1. The molecule has 3 aromatic carbocycles. The summed E-state index contributed by atoms with van der Waals surface area (Å²) in [5, 5.41) is 2.61. The highest BCUT2D eigenvalue weighted by atomic mass is 32.2. The largest absolute Gasteiger partial charge is 0.497 e. The number of hydrogen-bond donors (Lipinski definition) is 2. The normalized spacial score (nSPS) is 11.5. The van der Waals surface area contributed by atoms with Crippen molar-refractivity contribution in [2.45, 2.75) is 9.79 Å². The molecule has 0 saturated heterocycles. The number of amides is 1. The Bertz CT molecular complexity index is 1300. The third-order valence-electron chi connectivity index (χ3n) is 4.29. The SMILES string of the molecule is COc1ccc(NS(=O)(=O)c2cccc(NC(=O)c3ccc(S(C)(=O)=O)cc3)c2)cc1. The Kier molecular flexibility index (Phi) is 6.32. The standard InChI is InChI=1S/C21H20N2O6S2/c1-29-18-10-8-16(9-11-18)23-31(27,28)20-5-3-4-17(14-20)22-21(24)15-6-12-19(13-7-15)30(2,25)26/h3-14,23H,1-2H3,(H,22,24). The third-order valence-corrected chi connectivity index (χ3v) is 6.80. The lowest BCUT2D eigenvalue weighted by Gasteiger charge is -2.11. The Hall–Kier alpha value is -3.37. The molecule has 0 saturated carbocycles. The summed E-state index contributed by atoms with van der Waals surface area (Å²) in [6.45, 7) is 0. The van der Waals surface area contributed by atoms with Crippen molar-refractivity contribution in [2.75, 3.05) is 23.4 Å². The number of carbonyl (C=O) groups excluding carboxylic acids is 1. The molecule has 0 unspecified atom stereocenters. The average molecular weight is 461 g/mol. The van der Waals surface area contributed by atoms with Crippen molar-refractivity contribution in [3.05, 3.63) is 78.4 Å². The molecule has 0 spiro atoms. The third kappa shape index (κ3) is 5.62. The number of sulfone groups is 1. The van der Waals surface area contributed by atoms with Gasteiger partial charge in [0.05, 0.1) is 16.9 Å². The molecule has 31 heavy (non-hydrogen) atoms. The maximum Gasteiger partial charge on any atom is 0.261 e. The highest BCUT2D eigenvalue weighted by Crippen LogP contribution is 2.22. The van der Waals surface area contributed by atoms with Gasteiger partial charge >= 0.3 is 0 Å². The van der Waals surface area contributed by atoms with Gasteiger partial charge in [0.15, 0.2) is 9.84 Å². The lowest BCUT2D eigenvalue weighted by atomic mass is 10.2. The van der Waals surface area contributed by atoms with Crippen molar-refractivity contribution < 1.29 is 26.4 Å². The van der Waals surface area contributed by atoms with Crippen molar-refractivity contribution in [1.82, 2.24) is 0 Å². The first-order chi connectivity index (χ1) is 14.6. The Morgan fingerprint density at radius 2 is 1.45 bits per heavy atom. The molecule has 0 atom stereocenters. The highest BCUT2D eigenvalue weighted by Gasteiger charge is 2.16.